The predicted molar refractivity (Wildman–Crippen MR) is 85.8 cm³/mol. The number of ether oxygens (including phenoxy) is 1. The largest absolute Gasteiger partial charge is 0.490 e. The molecule has 0 spiro atoms. The number of nitrogens with zero attached hydrogens (tertiary/aromatic N) is 2. The van der Waals surface area contributed by atoms with Crippen molar-refractivity contribution in [2.45, 2.75) is 0 Å². The quantitative estimate of drug-likeness (QED) is 0.567. The number of hydrogen-bond donors (Lipinski definition) is 1. The molecule has 1 aromatic carbocycles. The van der Waals surface area contributed by atoms with Crippen LogP contribution in [0.1, 0.15) is 10.6 Å². The van der Waals surface area contributed by atoms with E-state index in [1.165, 1.54) is 25.3 Å². The highest BCUT2D eigenvalue weighted by Gasteiger charge is 2.15. The molecule has 1 N–H and O–H groups in total. The summed E-state index contributed by atoms with van der Waals surface area (Å²) in [5.41, 5.74) is -0.0453. The molecule has 0 aliphatic rings. The number of thiazole rings is 1. The van der Waals surface area contributed by atoms with Crippen molar-refractivity contribution in [2.75, 3.05) is 12.4 Å². The molecule has 24 heavy (non-hydrogen) atoms. The number of carbonyl (C=O) groups excluding carboxylic acids is 1. The number of hydrogen-bond acceptors (Lipinski definition) is 8. The zero-order chi connectivity index (χ0) is 17.3. The molecule has 0 saturated carbocycles. The maximum atomic E-state index is 12.1. The Bertz CT molecular complexity index is 1010. The monoisotopic (exact) mass is 347 g/mol. The minimum absolute atomic E-state index is 0.0150. The Labute approximate surface area is 137 Å². The maximum Gasteiger partial charge on any atom is 0.293 e. The molecular formula is C14H9N3O6S. The Morgan fingerprint density at radius 3 is 2.88 bits per heavy atom. The molecule has 122 valence electrons. The number of rotatable bonds is 4. The van der Waals surface area contributed by atoms with Gasteiger partial charge in [0.05, 0.1) is 22.2 Å². The summed E-state index contributed by atoms with van der Waals surface area (Å²) in [6.07, 6.45) is 1.04. The van der Waals surface area contributed by atoms with E-state index in [1.54, 1.807) is 0 Å². The number of anilines is 1. The van der Waals surface area contributed by atoms with E-state index >= 15 is 0 Å². The third kappa shape index (κ3) is 2.94. The minimum Gasteiger partial charge on any atom is -0.490 e. The van der Waals surface area contributed by atoms with E-state index in [1.807, 2.05) is 0 Å². The molecule has 0 saturated heterocycles. The van der Waals surface area contributed by atoms with Crippen molar-refractivity contribution in [1.29, 1.82) is 0 Å². The van der Waals surface area contributed by atoms with E-state index in [-0.39, 0.29) is 22.3 Å². The fourth-order valence-electron chi connectivity index (χ4n) is 1.91. The molecule has 2 heterocycles. The van der Waals surface area contributed by atoms with Gasteiger partial charge in [-0.3, -0.25) is 25.0 Å². The van der Waals surface area contributed by atoms with Crippen LogP contribution in [-0.2, 0) is 0 Å². The lowest BCUT2D eigenvalue weighted by atomic mass is 10.3. The second-order valence-corrected chi connectivity index (χ2v) is 5.59. The van der Waals surface area contributed by atoms with Crippen molar-refractivity contribution < 1.29 is 18.9 Å². The number of carbonyl (C=O) groups is 1. The standard InChI is InChI=1S/C14H9N3O6S/c1-22-11-6-23-10(5-9(11)18)13(19)16-14-15-8-3-2-7(17(20)21)4-12(8)24-14/h2-6H,1H3,(H,15,16,19). The molecule has 3 aromatic rings. The molecule has 0 radical (unpaired) electrons. The first-order chi connectivity index (χ1) is 11.5. The fraction of sp³-hybridized carbons (Fsp3) is 0.0714. The van der Waals surface area contributed by atoms with E-state index in [0.29, 0.717) is 10.2 Å². The SMILES string of the molecule is COc1coc(C(=O)Nc2nc3ccc([N+](=O)[O-])cc3s2)cc1=O. The number of non-ortho nitro benzene ring substituents is 1. The van der Waals surface area contributed by atoms with Gasteiger partial charge in [0.25, 0.3) is 11.6 Å². The highest BCUT2D eigenvalue weighted by atomic mass is 32.1. The Morgan fingerprint density at radius 1 is 1.42 bits per heavy atom. The van der Waals surface area contributed by atoms with Gasteiger partial charge in [-0.05, 0) is 6.07 Å². The number of nitro benzene ring substituents is 1. The van der Waals surface area contributed by atoms with E-state index in [2.05, 4.69) is 10.3 Å². The first-order valence-electron chi connectivity index (χ1n) is 6.51. The van der Waals surface area contributed by atoms with Gasteiger partial charge in [-0.15, -0.1) is 0 Å². The van der Waals surface area contributed by atoms with Crippen molar-refractivity contribution in [2.24, 2.45) is 0 Å². The molecule has 0 unspecified atom stereocenters. The lowest BCUT2D eigenvalue weighted by Crippen LogP contribution is -2.15. The summed E-state index contributed by atoms with van der Waals surface area (Å²) >= 11 is 1.07. The van der Waals surface area contributed by atoms with Crippen molar-refractivity contribution in [1.82, 2.24) is 4.98 Å². The second-order valence-electron chi connectivity index (χ2n) is 4.56. The molecule has 1 amide bonds. The number of aromatic nitrogens is 1. The molecule has 9 nitrogen and oxygen atoms in total. The summed E-state index contributed by atoms with van der Waals surface area (Å²) in [5, 5.41) is 13.5. The summed E-state index contributed by atoms with van der Waals surface area (Å²) in [6.45, 7) is 0. The predicted octanol–water partition coefficient (Wildman–Crippen LogP) is 2.42. The zero-order valence-electron chi connectivity index (χ0n) is 12.1. The lowest BCUT2D eigenvalue weighted by Gasteiger charge is -2.01. The number of methoxy groups -OCH3 is 1. The summed E-state index contributed by atoms with van der Waals surface area (Å²) in [4.78, 5) is 38.1. The number of nitro groups is 1. The van der Waals surface area contributed by atoms with Crippen molar-refractivity contribution in [3.05, 3.63) is 56.6 Å². The molecule has 0 fully saturated rings. The Morgan fingerprint density at radius 2 is 2.21 bits per heavy atom. The summed E-state index contributed by atoms with van der Waals surface area (Å²) in [7, 11) is 1.31. The average molecular weight is 347 g/mol. The van der Waals surface area contributed by atoms with Crippen LogP contribution >= 0.6 is 11.3 Å². The van der Waals surface area contributed by atoms with Crippen LogP contribution in [0.2, 0.25) is 0 Å². The first kappa shape index (κ1) is 15.6. The highest BCUT2D eigenvalue weighted by molar-refractivity contribution is 7.22. The van der Waals surface area contributed by atoms with Crippen LogP contribution in [0.25, 0.3) is 10.2 Å². The number of benzene rings is 1. The van der Waals surface area contributed by atoms with Crippen LogP contribution in [0.3, 0.4) is 0 Å². The summed E-state index contributed by atoms with van der Waals surface area (Å²) in [6, 6.07) is 5.20. The van der Waals surface area contributed by atoms with Gasteiger partial charge in [0, 0.05) is 18.2 Å². The molecule has 10 heteroatoms. The Hall–Kier alpha value is -3.27. The van der Waals surface area contributed by atoms with Gasteiger partial charge in [-0.2, -0.15) is 0 Å². The van der Waals surface area contributed by atoms with Gasteiger partial charge in [0.2, 0.25) is 11.2 Å². The van der Waals surface area contributed by atoms with Crippen molar-refractivity contribution >= 4 is 38.3 Å². The van der Waals surface area contributed by atoms with Crippen molar-refractivity contribution in [3.8, 4) is 5.75 Å². The third-order valence-corrected chi connectivity index (χ3v) is 3.98. The molecule has 0 aliphatic heterocycles. The molecule has 0 bridgehead atoms. The number of amides is 1. The molecule has 2 aromatic heterocycles. The van der Waals surface area contributed by atoms with Gasteiger partial charge in [-0.25, -0.2) is 4.98 Å². The van der Waals surface area contributed by atoms with Crippen molar-refractivity contribution in [3.63, 3.8) is 0 Å². The lowest BCUT2D eigenvalue weighted by molar-refractivity contribution is -0.384. The van der Waals surface area contributed by atoms with Crippen LogP contribution in [-0.4, -0.2) is 22.9 Å². The molecule has 0 atom stereocenters. The summed E-state index contributed by atoms with van der Waals surface area (Å²) in [5.74, 6) is -0.881. The Balaban J connectivity index is 1.86. The first-order valence-corrected chi connectivity index (χ1v) is 7.33. The van der Waals surface area contributed by atoms with Gasteiger partial charge >= 0.3 is 0 Å². The minimum atomic E-state index is -0.664. The normalized spacial score (nSPS) is 10.5. The van der Waals surface area contributed by atoms with Crippen LogP contribution in [0.5, 0.6) is 5.75 Å². The maximum absolute atomic E-state index is 12.1. The van der Waals surface area contributed by atoms with Gasteiger partial charge in [-0.1, -0.05) is 11.3 Å². The smallest absolute Gasteiger partial charge is 0.293 e. The second kappa shape index (κ2) is 6.08. The van der Waals surface area contributed by atoms with Crippen LogP contribution < -0.4 is 15.5 Å². The van der Waals surface area contributed by atoms with Gasteiger partial charge < -0.3 is 9.15 Å². The Kier molecular flexibility index (Phi) is 3.96. The third-order valence-electron chi connectivity index (χ3n) is 3.04. The number of nitrogens with one attached hydrogen (secondary N) is 1. The van der Waals surface area contributed by atoms with Gasteiger partial charge in [0.1, 0.15) is 6.26 Å². The average Bonchev–Trinajstić information content (AvgIpc) is 2.95. The topological polar surface area (TPSA) is 125 Å². The van der Waals surface area contributed by atoms with Crippen LogP contribution in [0.4, 0.5) is 10.8 Å². The number of fused-ring (bicyclic) bond motifs is 1. The van der Waals surface area contributed by atoms with E-state index in [9.17, 15) is 19.7 Å². The van der Waals surface area contributed by atoms with E-state index in [0.717, 1.165) is 23.7 Å². The van der Waals surface area contributed by atoms with Gasteiger partial charge in [0.15, 0.2) is 10.9 Å². The fourth-order valence-corrected chi connectivity index (χ4v) is 2.80. The summed E-state index contributed by atoms with van der Waals surface area (Å²) < 4.78 is 10.4. The van der Waals surface area contributed by atoms with Crippen LogP contribution in [0, 0.1) is 10.1 Å². The van der Waals surface area contributed by atoms with Crippen LogP contribution in [0.15, 0.2) is 39.7 Å². The molecular weight excluding hydrogens is 338 g/mol. The molecule has 3 rings (SSSR count). The highest BCUT2D eigenvalue weighted by Crippen LogP contribution is 2.29. The zero-order valence-corrected chi connectivity index (χ0v) is 13.0. The van der Waals surface area contributed by atoms with E-state index in [4.69, 9.17) is 9.15 Å². The van der Waals surface area contributed by atoms with E-state index < -0.39 is 16.3 Å². The molecule has 0 aliphatic carbocycles.